The van der Waals surface area contributed by atoms with E-state index in [1.165, 1.54) is 25.7 Å². The summed E-state index contributed by atoms with van der Waals surface area (Å²) in [5, 5.41) is 3.56. The maximum absolute atomic E-state index is 5.77. The van der Waals surface area contributed by atoms with Crippen LogP contribution in [0.25, 0.3) is 0 Å². The zero-order valence-electron chi connectivity index (χ0n) is 12.0. The fraction of sp³-hybridized carbons (Fsp3) is 0.625. The first-order valence-corrected chi connectivity index (χ1v) is 7.30. The summed E-state index contributed by atoms with van der Waals surface area (Å²) in [7, 11) is 0. The van der Waals surface area contributed by atoms with Crippen molar-refractivity contribution >= 4 is 5.69 Å². The van der Waals surface area contributed by atoms with E-state index in [-0.39, 0.29) is 0 Å². The van der Waals surface area contributed by atoms with Gasteiger partial charge in [-0.25, -0.2) is 0 Å². The molecule has 1 heterocycles. The average molecular weight is 261 g/mol. The van der Waals surface area contributed by atoms with Gasteiger partial charge in [-0.05, 0) is 31.4 Å². The lowest BCUT2D eigenvalue weighted by Crippen LogP contribution is -2.29. The minimum absolute atomic E-state index is 0.513. The van der Waals surface area contributed by atoms with Gasteiger partial charge in [-0.1, -0.05) is 19.3 Å². The number of hydrogen-bond donors (Lipinski definition) is 1. The zero-order valence-corrected chi connectivity index (χ0v) is 12.0. The monoisotopic (exact) mass is 261 g/mol. The fourth-order valence-corrected chi connectivity index (χ4v) is 2.88. The van der Waals surface area contributed by atoms with Gasteiger partial charge in [0.2, 0.25) is 5.79 Å². The highest BCUT2D eigenvalue weighted by atomic mass is 16.7. The highest BCUT2D eigenvalue weighted by molar-refractivity contribution is 5.56. The van der Waals surface area contributed by atoms with Gasteiger partial charge in [-0.15, -0.1) is 0 Å². The number of ether oxygens (including phenoxy) is 2. The summed E-state index contributed by atoms with van der Waals surface area (Å²) in [5.41, 5.74) is 1.12. The largest absolute Gasteiger partial charge is 0.449 e. The summed E-state index contributed by atoms with van der Waals surface area (Å²) in [4.78, 5) is 0. The molecule has 1 atom stereocenters. The summed E-state index contributed by atoms with van der Waals surface area (Å²) in [6.07, 6.45) is 5.49. The molecule has 1 N–H and O–H groups in total. The Labute approximate surface area is 115 Å². The molecule has 2 aliphatic rings. The second-order valence-electron chi connectivity index (χ2n) is 6.34. The molecule has 0 bridgehead atoms. The summed E-state index contributed by atoms with van der Waals surface area (Å²) in [6.45, 7) is 6.12. The number of nitrogens with one attached hydrogen (secondary N) is 1. The first-order valence-electron chi connectivity index (χ1n) is 7.30. The molecule has 104 valence electrons. The molecule has 1 unspecified atom stereocenters. The van der Waals surface area contributed by atoms with Crippen molar-refractivity contribution in [3.63, 3.8) is 0 Å². The van der Waals surface area contributed by atoms with Gasteiger partial charge in [0.05, 0.1) is 0 Å². The van der Waals surface area contributed by atoms with Crippen LogP contribution in [0.3, 0.4) is 0 Å². The SMILES string of the molecule is CC(CC1CCC1)Nc1ccc2c(c1)OC(C)(C)O2. The summed E-state index contributed by atoms with van der Waals surface area (Å²) in [6, 6.07) is 6.61. The van der Waals surface area contributed by atoms with Crippen molar-refractivity contribution in [2.45, 2.75) is 58.3 Å². The third-order valence-electron chi connectivity index (χ3n) is 3.98. The maximum atomic E-state index is 5.77. The van der Waals surface area contributed by atoms with Crippen LogP contribution < -0.4 is 14.8 Å². The normalized spacial score (nSPS) is 21.8. The first-order chi connectivity index (χ1) is 9.02. The maximum Gasteiger partial charge on any atom is 0.246 e. The number of rotatable bonds is 4. The van der Waals surface area contributed by atoms with E-state index >= 15 is 0 Å². The van der Waals surface area contributed by atoms with Crippen LogP contribution in [0.5, 0.6) is 11.5 Å². The quantitative estimate of drug-likeness (QED) is 0.881. The van der Waals surface area contributed by atoms with Crippen molar-refractivity contribution in [2.24, 2.45) is 5.92 Å². The molecule has 3 rings (SSSR count). The molecule has 0 aromatic heterocycles. The van der Waals surface area contributed by atoms with Crippen molar-refractivity contribution < 1.29 is 9.47 Å². The molecule has 1 aliphatic carbocycles. The number of anilines is 1. The van der Waals surface area contributed by atoms with Crippen LogP contribution in [0.2, 0.25) is 0 Å². The van der Waals surface area contributed by atoms with Gasteiger partial charge in [0.25, 0.3) is 0 Å². The Balaban J connectivity index is 1.63. The van der Waals surface area contributed by atoms with Gasteiger partial charge in [0, 0.05) is 31.6 Å². The second-order valence-corrected chi connectivity index (χ2v) is 6.34. The van der Waals surface area contributed by atoms with Crippen LogP contribution in [-0.4, -0.2) is 11.8 Å². The lowest BCUT2D eigenvalue weighted by Gasteiger charge is -2.28. The highest BCUT2D eigenvalue weighted by Crippen LogP contribution is 2.41. The minimum atomic E-state index is -0.543. The predicted octanol–water partition coefficient (Wildman–Crippen LogP) is 4.18. The Morgan fingerprint density at radius 1 is 1.26 bits per heavy atom. The molecular weight excluding hydrogens is 238 g/mol. The standard InChI is InChI=1S/C16H23NO2/c1-11(9-12-5-4-6-12)17-13-7-8-14-15(10-13)19-16(2,3)18-14/h7-8,10-12,17H,4-6,9H2,1-3H3. The Kier molecular flexibility index (Phi) is 3.08. The summed E-state index contributed by atoms with van der Waals surface area (Å²) >= 11 is 0. The van der Waals surface area contributed by atoms with Crippen molar-refractivity contribution in [2.75, 3.05) is 5.32 Å². The van der Waals surface area contributed by atoms with Crippen molar-refractivity contribution in [1.29, 1.82) is 0 Å². The van der Waals surface area contributed by atoms with Gasteiger partial charge in [-0.2, -0.15) is 0 Å². The lowest BCUT2D eigenvalue weighted by atomic mass is 9.81. The third-order valence-corrected chi connectivity index (χ3v) is 3.98. The molecule has 1 fully saturated rings. The molecule has 1 aliphatic heterocycles. The topological polar surface area (TPSA) is 30.5 Å². The second kappa shape index (κ2) is 4.62. The van der Waals surface area contributed by atoms with Crippen LogP contribution in [0, 0.1) is 5.92 Å². The Morgan fingerprint density at radius 2 is 2.00 bits per heavy atom. The molecule has 0 spiro atoms. The smallest absolute Gasteiger partial charge is 0.246 e. The number of fused-ring (bicyclic) bond motifs is 1. The first kappa shape index (κ1) is 12.6. The molecule has 3 nitrogen and oxygen atoms in total. The molecule has 0 saturated heterocycles. The van der Waals surface area contributed by atoms with Crippen LogP contribution in [0.15, 0.2) is 18.2 Å². The molecule has 19 heavy (non-hydrogen) atoms. The molecule has 0 radical (unpaired) electrons. The van der Waals surface area contributed by atoms with E-state index in [2.05, 4.69) is 18.3 Å². The predicted molar refractivity (Wildman–Crippen MR) is 76.8 cm³/mol. The Bertz CT molecular complexity index is 466. The van der Waals surface area contributed by atoms with E-state index in [4.69, 9.17) is 9.47 Å². The Morgan fingerprint density at radius 3 is 2.68 bits per heavy atom. The molecule has 1 aromatic rings. The van der Waals surface area contributed by atoms with E-state index < -0.39 is 5.79 Å². The van der Waals surface area contributed by atoms with Crippen LogP contribution in [0.4, 0.5) is 5.69 Å². The van der Waals surface area contributed by atoms with E-state index in [1.807, 2.05) is 26.0 Å². The van der Waals surface area contributed by atoms with Gasteiger partial charge in [0.1, 0.15) is 0 Å². The van der Waals surface area contributed by atoms with E-state index in [0.29, 0.717) is 6.04 Å². The summed E-state index contributed by atoms with van der Waals surface area (Å²) < 4.78 is 11.5. The minimum Gasteiger partial charge on any atom is -0.449 e. The highest BCUT2D eigenvalue weighted by Gasteiger charge is 2.31. The van der Waals surface area contributed by atoms with Gasteiger partial charge in [0.15, 0.2) is 11.5 Å². The van der Waals surface area contributed by atoms with E-state index in [1.54, 1.807) is 0 Å². The molecule has 0 amide bonds. The lowest BCUT2D eigenvalue weighted by molar-refractivity contribution is -0.0431. The van der Waals surface area contributed by atoms with Gasteiger partial charge < -0.3 is 14.8 Å². The Hall–Kier alpha value is -1.38. The zero-order chi connectivity index (χ0) is 13.5. The molecule has 3 heteroatoms. The van der Waals surface area contributed by atoms with Crippen molar-refractivity contribution in [3.8, 4) is 11.5 Å². The summed E-state index contributed by atoms with van der Waals surface area (Å²) in [5.74, 6) is 2.06. The van der Waals surface area contributed by atoms with E-state index in [0.717, 1.165) is 23.1 Å². The third kappa shape index (κ3) is 2.80. The van der Waals surface area contributed by atoms with Crippen LogP contribution in [-0.2, 0) is 0 Å². The number of benzene rings is 1. The van der Waals surface area contributed by atoms with Crippen molar-refractivity contribution in [1.82, 2.24) is 0 Å². The van der Waals surface area contributed by atoms with Crippen molar-refractivity contribution in [3.05, 3.63) is 18.2 Å². The van der Waals surface area contributed by atoms with Gasteiger partial charge >= 0.3 is 0 Å². The van der Waals surface area contributed by atoms with Crippen LogP contribution in [0.1, 0.15) is 46.5 Å². The number of hydrogen-bond acceptors (Lipinski definition) is 3. The average Bonchev–Trinajstić information content (AvgIpc) is 2.57. The van der Waals surface area contributed by atoms with Crippen LogP contribution >= 0.6 is 0 Å². The molecular formula is C16H23NO2. The van der Waals surface area contributed by atoms with Gasteiger partial charge in [-0.3, -0.25) is 0 Å². The van der Waals surface area contributed by atoms with E-state index in [9.17, 15) is 0 Å². The molecule has 1 aromatic carbocycles. The molecule has 1 saturated carbocycles. The fourth-order valence-electron chi connectivity index (χ4n) is 2.88.